The molecule has 0 spiro atoms. The Labute approximate surface area is 287 Å². The Balaban J connectivity index is 1.19. The van der Waals surface area contributed by atoms with Gasteiger partial charge in [-0.2, -0.15) is 0 Å². The Morgan fingerprint density at radius 1 is 0.327 bits per heavy atom. The van der Waals surface area contributed by atoms with Crippen LogP contribution < -0.4 is 0 Å². The van der Waals surface area contributed by atoms with Gasteiger partial charge in [0.05, 0.1) is 22.4 Å². The molecule has 3 heteroatoms. The highest BCUT2D eigenvalue weighted by Gasteiger charge is 2.18. The fourth-order valence-electron chi connectivity index (χ4n) is 7.32. The molecule has 0 aliphatic carbocycles. The summed E-state index contributed by atoms with van der Waals surface area (Å²) in [5.74, 6) is 0. The van der Waals surface area contributed by atoms with Crippen LogP contribution in [-0.2, 0) is 0 Å². The van der Waals surface area contributed by atoms with Crippen LogP contribution in [0.15, 0.2) is 170 Å². The van der Waals surface area contributed by atoms with E-state index in [1.165, 1.54) is 53.2 Å². The number of hydrogen-bond donors (Lipinski definition) is 0. The van der Waals surface area contributed by atoms with Crippen molar-refractivity contribution < 1.29 is 0 Å². The average molecular weight is 641 g/mol. The molecular weight excluding hydrogens is 613 g/mol. The fraction of sp³-hybridized carbons (Fsp3) is 0. The molecule has 0 atom stereocenters. The maximum atomic E-state index is 5.44. The van der Waals surface area contributed by atoms with E-state index in [1.54, 1.807) is 0 Å². The van der Waals surface area contributed by atoms with E-state index >= 15 is 0 Å². The van der Waals surface area contributed by atoms with Gasteiger partial charge in [-0.3, -0.25) is 0 Å². The van der Waals surface area contributed by atoms with Crippen LogP contribution in [0.3, 0.4) is 0 Å². The van der Waals surface area contributed by atoms with E-state index in [0.717, 1.165) is 44.3 Å². The Bertz CT molecular complexity index is 2870. The summed E-state index contributed by atoms with van der Waals surface area (Å²) in [6.07, 6.45) is 0. The topological polar surface area (TPSA) is 25.8 Å². The molecule has 0 saturated heterocycles. The van der Waals surface area contributed by atoms with Crippen molar-refractivity contribution in [3.05, 3.63) is 170 Å². The van der Waals surface area contributed by atoms with Crippen molar-refractivity contribution in [2.45, 2.75) is 0 Å². The molecule has 0 saturated carbocycles. The molecule has 0 aliphatic rings. The lowest BCUT2D eigenvalue weighted by molar-refractivity contribution is 1.31. The van der Waals surface area contributed by atoms with E-state index < -0.39 is 0 Å². The molecule has 228 valence electrons. The van der Waals surface area contributed by atoms with Crippen molar-refractivity contribution >= 4 is 64.1 Å². The van der Waals surface area contributed by atoms with Crippen molar-refractivity contribution in [1.29, 1.82) is 0 Å². The van der Waals surface area contributed by atoms with E-state index in [0.29, 0.717) is 0 Å². The van der Waals surface area contributed by atoms with Gasteiger partial charge in [-0.25, -0.2) is 9.97 Å². The van der Waals surface area contributed by atoms with Gasteiger partial charge in [-0.1, -0.05) is 152 Å². The number of nitrogens with zero attached hydrogens (tertiary/aromatic N) is 2. The van der Waals surface area contributed by atoms with Gasteiger partial charge in [0.1, 0.15) is 0 Å². The van der Waals surface area contributed by atoms with Crippen LogP contribution in [0.5, 0.6) is 0 Å². The van der Waals surface area contributed by atoms with Crippen LogP contribution in [0.4, 0.5) is 0 Å². The van der Waals surface area contributed by atoms with E-state index in [-0.39, 0.29) is 0 Å². The fourth-order valence-corrected chi connectivity index (χ4v) is 8.56. The number of fused-ring (bicyclic) bond motifs is 9. The highest BCUT2D eigenvalue weighted by Crippen LogP contribution is 2.42. The minimum absolute atomic E-state index is 0.892. The molecule has 2 nitrogen and oxygen atoms in total. The summed E-state index contributed by atoms with van der Waals surface area (Å²) in [5.41, 5.74) is 10.6. The third-order valence-electron chi connectivity index (χ3n) is 9.65. The molecule has 10 aromatic rings. The smallest absolute Gasteiger partial charge is 0.0979 e. The number of benzene rings is 8. The zero-order valence-corrected chi connectivity index (χ0v) is 27.3. The lowest BCUT2D eigenvalue weighted by Gasteiger charge is -2.15. The summed E-state index contributed by atoms with van der Waals surface area (Å²) >= 11 is 1.88. The largest absolute Gasteiger partial charge is 0.243 e. The standard InChI is InChI=1S/C46H28N2S/c1-3-13-29(14-4-1)42-43(30-15-5-2-6-16-30)48-45-38-26-25-32(28-40(38)35-19-7-8-21-37(35)44(45)47-42)31-17-11-18-33(27-31)34-22-12-23-39-36-20-9-10-24-41(36)49-46(34)39/h1-28H. The zero-order chi connectivity index (χ0) is 32.3. The van der Waals surface area contributed by atoms with Gasteiger partial charge in [0.25, 0.3) is 0 Å². The summed E-state index contributed by atoms with van der Waals surface area (Å²) in [5, 5.41) is 7.21. The maximum Gasteiger partial charge on any atom is 0.0979 e. The van der Waals surface area contributed by atoms with Crippen molar-refractivity contribution in [1.82, 2.24) is 9.97 Å². The molecule has 0 radical (unpaired) electrons. The van der Waals surface area contributed by atoms with Crippen molar-refractivity contribution in [2.24, 2.45) is 0 Å². The van der Waals surface area contributed by atoms with E-state index in [2.05, 4.69) is 158 Å². The highest BCUT2D eigenvalue weighted by atomic mass is 32.1. The number of aromatic nitrogens is 2. The minimum atomic E-state index is 0.892. The highest BCUT2D eigenvalue weighted by molar-refractivity contribution is 7.26. The lowest BCUT2D eigenvalue weighted by Crippen LogP contribution is -1.97. The molecular formula is C46H28N2S. The van der Waals surface area contributed by atoms with Crippen molar-refractivity contribution in [2.75, 3.05) is 0 Å². The normalized spacial score (nSPS) is 11.7. The number of rotatable bonds is 4. The second-order valence-electron chi connectivity index (χ2n) is 12.5. The predicted octanol–water partition coefficient (Wildman–Crippen LogP) is 13.0. The van der Waals surface area contributed by atoms with Gasteiger partial charge in [0.2, 0.25) is 0 Å². The lowest BCUT2D eigenvalue weighted by atomic mass is 9.93. The monoisotopic (exact) mass is 640 g/mol. The Kier molecular flexibility index (Phi) is 6.39. The number of thiophene rings is 1. The molecule has 0 bridgehead atoms. The summed E-state index contributed by atoms with van der Waals surface area (Å²) in [6.45, 7) is 0. The van der Waals surface area contributed by atoms with E-state index in [9.17, 15) is 0 Å². The van der Waals surface area contributed by atoms with Gasteiger partial charge in [-0.05, 0) is 51.2 Å². The number of hydrogen-bond acceptors (Lipinski definition) is 3. The van der Waals surface area contributed by atoms with Crippen molar-refractivity contribution in [3.8, 4) is 44.8 Å². The van der Waals surface area contributed by atoms with Crippen molar-refractivity contribution in [3.63, 3.8) is 0 Å². The quantitative estimate of drug-likeness (QED) is 0.179. The molecule has 8 aromatic carbocycles. The minimum Gasteiger partial charge on any atom is -0.243 e. The molecule has 2 heterocycles. The van der Waals surface area contributed by atoms with E-state index in [4.69, 9.17) is 9.97 Å². The first-order valence-electron chi connectivity index (χ1n) is 16.6. The molecule has 0 aliphatic heterocycles. The molecule has 0 amide bonds. The molecule has 0 fully saturated rings. The summed E-state index contributed by atoms with van der Waals surface area (Å²) in [4.78, 5) is 10.8. The average Bonchev–Trinajstić information content (AvgIpc) is 3.57. The third-order valence-corrected chi connectivity index (χ3v) is 10.9. The van der Waals surface area contributed by atoms with E-state index in [1.807, 2.05) is 23.5 Å². The van der Waals surface area contributed by atoms with Crippen LogP contribution in [0, 0.1) is 0 Å². The van der Waals surface area contributed by atoms with Gasteiger partial charge in [-0.15, -0.1) is 11.3 Å². The summed E-state index contributed by atoms with van der Waals surface area (Å²) in [7, 11) is 0. The Hall–Kier alpha value is -6.16. The van der Waals surface area contributed by atoms with Crippen LogP contribution in [0.1, 0.15) is 0 Å². The maximum absolute atomic E-state index is 5.44. The molecule has 49 heavy (non-hydrogen) atoms. The van der Waals surface area contributed by atoms with Crippen LogP contribution in [-0.4, -0.2) is 9.97 Å². The first-order valence-corrected chi connectivity index (χ1v) is 17.4. The second kappa shape index (κ2) is 11.2. The van der Waals surface area contributed by atoms with Crippen LogP contribution in [0.25, 0.3) is 97.5 Å². The van der Waals surface area contributed by atoms with Gasteiger partial charge in [0, 0.05) is 42.1 Å². The van der Waals surface area contributed by atoms with Crippen LogP contribution in [0.2, 0.25) is 0 Å². The first kappa shape index (κ1) is 27.9. The molecule has 2 aromatic heterocycles. The Morgan fingerprint density at radius 3 is 1.59 bits per heavy atom. The zero-order valence-electron chi connectivity index (χ0n) is 26.5. The predicted molar refractivity (Wildman–Crippen MR) is 209 cm³/mol. The van der Waals surface area contributed by atoms with Crippen LogP contribution >= 0.6 is 11.3 Å². The summed E-state index contributed by atoms with van der Waals surface area (Å²) in [6, 6.07) is 60.6. The summed E-state index contributed by atoms with van der Waals surface area (Å²) < 4.78 is 2.66. The molecule has 10 rings (SSSR count). The SMILES string of the molecule is c1ccc(-c2nc3c4ccccc4c4cc(-c5cccc(-c6cccc7c6sc6ccccc67)c5)ccc4c3nc2-c2ccccc2)cc1. The van der Waals surface area contributed by atoms with Gasteiger partial charge >= 0.3 is 0 Å². The molecule has 0 N–H and O–H groups in total. The third kappa shape index (κ3) is 4.55. The molecule has 0 unspecified atom stereocenters. The Morgan fingerprint density at radius 2 is 0.857 bits per heavy atom. The van der Waals surface area contributed by atoms with Gasteiger partial charge in [0.15, 0.2) is 0 Å². The first-order chi connectivity index (χ1) is 24.3. The van der Waals surface area contributed by atoms with Gasteiger partial charge < -0.3 is 0 Å². The second-order valence-corrected chi connectivity index (χ2v) is 13.6.